The highest BCUT2D eigenvalue weighted by atomic mass is 32.1. The van der Waals surface area contributed by atoms with Crippen LogP contribution in [0.1, 0.15) is 35.3 Å². The highest BCUT2D eigenvalue weighted by Crippen LogP contribution is 2.24. The largest absolute Gasteiger partial charge is 0.479 e. The normalized spacial score (nSPS) is 16.2. The lowest BCUT2D eigenvalue weighted by atomic mass is 9.98. The van der Waals surface area contributed by atoms with E-state index < -0.39 is 12.1 Å². The van der Waals surface area contributed by atoms with Gasteiger partial charge in [-0.05, 0) is 54.0 Å². The molecule has 0 spiro atoms. The minimum atomic E-state index is -0.953. The SMILES string of the molecule is O=C(CCCCc1cccs1)Nc1ccc2c(c1)C[C@@H](C(=O)O)OC2. The molecular formula is C19H21NO4S. The number of amides is 1. The van der Waals surface area contributed by atoms with Gasteiger partial charge in [-0.15, -0.1) is 11.3 Å². The van der Waals surface area contributed by atoms with Crippen molar-refractivity contribution in [1.82, 2.24) is 0 Å². The van der Waals surface area contributed by atoms with Gasteiger partial charge in [-0.2, -0.15) is 0 Å². The number of nitrogens with one attached hydrogen (secondary N) is 1. The molecule has 132 valence electrons. The molecule has 1 aliphatic rings. The summed E-state index contributed by atoms with van der Waals surface area (Å²) in [5, 5.41) is 14.0. The van der Waals surface area contributed by atoms with Crippen molar-refractivity contribution in [2.24, 2.45) is 0 Å². The maximum Gasteiger partial charge on any atom is 0.333 e. The molecule has 0 bridgehead atoms. The average molecular weight is 359 g/mol. The third-order valence-corrected chi connectivity index (χ3v) is 5.20. The number of carbonyl (C=O) groups excluding carboxylic acids is 1. The van der Waals surface area contributed by atoms with Gasteiger partial charge < -0.3 is 15.2 Å². The van der Waals surface area contributed by atoms with Gasteiger partial charge in [0.1, 0.15) is 0 Å². The minimum absolute atomic E-state index is 0.00651. The van der Waals surface area contributed by atoms with Crippen LogP contribution in [0.4, 0.5) is 5.69 Å². The summed E-state index contributed by atoms with van der Waals surface area (Å²) in [5.41, 5.74) is 2.62. The molecule has 0 saturated carbocycles. The van der Waals surface area contributed by atoms with E-state index >= 15 is 0 Å². The van der Waals surface area contributed by atoms with Crippen molar-refractivity contribution >= 4 is 28.9 Å². The van der Waals surface area contributed by atoms with Crippen molar-refractivity contribution < 1.29 is 19.4 Å². The highest BCUT2D eigenvalue weighted by molar-refractivity contribution is 7.09. The number of carboxylic acid groups (broad SMARTS) is 1. The maximum atomic E-state index is 12.1. The van der Waals surface area contributed by atoms with Crippen molar-refractivity contribution in [2.75, 3.05) is 5.32 Å². The molecule has 25 heavy (non-hydrogen) atoms. The molecule has 6 heteroatoms. The molecule has 0 unspecified atom stereocenters. The smallest absolute Gasteiger partial charge is 0.333 e. The number of aliphatic carboxylic acids is 1. The molecule has 0 radical (unpaired) electrons. The van der Waals surface area contributed by atoms with Crippen LogP contribution in [-0.4, -0.2) is 23.1 Å². The van der Waals surface area contributed by atoms with E-state index in [2.05, 4.69) is 16.8 Å². The maximum absolute atomic E-state index is 12.1. The van der Waals surface area contributed by atoms with E-state index in [0.29, 0.717) is 25.1 Å². The molecule has 0 aliphatic carbocycles. The zero-order chi connectivity index (χ0) is 17.6. The Morgan fingerprint density at radius 1 is 1.24 bits per heavy atom. The number of ether oxygens (including phenoxy) is 1. The summed E-state index contributed by atoms with van der Waals surface area (Å²) in [4.78, 5) is 24.5. The molecule has 2 heterocycles. The molecule has 2 N–H and O–H groups in total. The summed E-state index contributed by atoms with van der Waals surface area (Å²) in [6.45, 7) is 0.295. The predicted octanol–water partition coefficient (Wildman–Crippen LogP) is 3.63. The fourth-order valence-electron chi connectivity index (χ4n) is 2.91. The van der Waals surface area contributed by atoms with E-state index in [1.54, 1.807) is 11.3 Å². The van der Waals surface area contributed by atoms with Crippen LogP contribution in [0.3, 0.4) is 0 Å². The predicted molar refractivity (Wildman–Crippen MR) is 96.9 cm³/mol. The van der Waals surface area contributed by atoms with Crippen molar-refractivity contribution in [2.45, 2.75) is 44.8 Å². The molecule has 1 amide bonds. The van der Waals surface area contributed by atoms with Gasteiger partial charge in [-0.25, -0.2) is 4.79 Å². The number of anilines is 1. The number of carboxylic acids is 1. The standard InChI is InChI=1S/C19H21NO4S/c21-18(6-2-1-4-16-5-3-9-25-16)20-15-8-7-13-12-24-17(19(22)23)11-14(13)10-15/h3,5,7-10,17H,1-2,4,6,11-12H2,(H,20,21)(H,22,23)/t17-/m0/s1. The van der Waals surface area contributed by atoms with Gasteiger partial charge in [0, 0.05) is 23.4 Å². The minimum Gasteiger partial charge on any atom is -0.479 e. The lowest BCUT2D eigenvalue weighted by molar-refractivity contribution is -0.152. The molecule has 1 aromatic carbocycles. The van der Waals surface area contributed by atoms with E-state index in [4.69, 9.17) is 9.84 Å². The monoisotopic (exact) mass is 359 g/mol. The van der Waals surface area contributed by atoms with E-state index in [1.165, 1.54) is 4.88 Å². The first-order valence-electron chi connectivity index (χ1n) is 8.40. The van der Waals surface area contributed by atoms with Crippen LogP contribution >= 0.6 is 11.3 Å². The second-order valence-electron chi connectivity index (χ2n) is 6.16. The second-order valence-corrected chi connectivity index (χ2v) is 7.19. The first kappa shape index (κ1) is 17.6. The Kier molecular flexibility index (Phi) is 5.83. The Morgan fingerprint density at radius 2 is 2.12 bits per heavy atom. The quantitative estimate of drug-likeness (QED) is 0.740. The van der Waals surface area contributed by atoms with Gasteiger partial charge in [0.05, 0.1) is 6.61 Å². The summed E-state index contributed by atoms with van der Waals surface area (Å²) in [6.07, 6.45) is 2.87. The molecule has 0 fully saturated rings. The number of thiophene rings is 1. The zero-order valence-electron chi connectivity index (χ0n) is 13.9. The molecule has 0 saturated heterocycles. The molecule has 2 aromatic rings. The molecule has 1 atom stereocenters. The summed E-state index contributed by atoms with van der Waals surface area (Å²) in [7, 11) is 0. The van der Waals surface area contributed by atoms with E-state index in [9.17, 15) is 9.59 Å². The van der Waals surface area contributed by atoms with Crippen molar-refractivity contribution in [3.63, 3.8) is 0 Å². The Bertz CT molecular complexity index is 742. The zero-order valence-corrected chi connectivity index (χ0v) is 14.7. The van der Waals surface area contributed by atoms with E-state index in [0.717, 1.165) is 30.4 Å². The van der Waals surface area contributed by atoms with Crippen molar-refractivity contribution in [1.29, 1.82) is 0 Å². The summed E-state index contributed by atoms with van der Waals surface area (Å²) in [6, 6.07) is 9.75. The fourth-order valence-corrected chi connectivity index (χ4v) is 3.66. The molecule has 3 rings (SSSR count). The summed E-state index contributed by atoms with van der Waals surface area (Å²) in [5.74, 6) is -0.959. The van der Waals surface area contributed by atoms with Crippen molar-refractivity contribution in [3.8, 4) is 0 Å². The number of benzene rings is 1. The summed E-state index contributed by atoms with van der Waals surface area (Å²) >= 11 is 1.75. The fraction of sp³-hybridized carbons (Fsp3) is 0.368. The van der Waals surface area contributed by atoms with Crippen LogP contribution in [0.15, 0.2) is 35.7 Å². The van der Waals surface area contributed by atoms with Crippen LogP contribution in [0.25, 0.3) is 0 Å². The van der Waals surface area contributed by atoms with E-state index in [-0.39, 0.29) is 5.91 Å². The van der Waals surface area contributed by atoms with Gasteiger partial charge in [-0.1, -0.05) is 12.1 Å². The van der Waals surface area contributed by atoms with Crippen LogP contribution in [0.2, 0.25) is 0 Å². The number of fused-ring (bicyclic) bond motifs is 1. The number of hydrogen-bond donors (Lipinski definition) is 2. The number of aryl methyl sites for hydroxylation is 1. The lowest BCUT2D eigenvalue weighted by Crippen LogP contribution is -2.30. The van der Waals surface area contributed by atoms with Gasteiger partial charge in [0.25, 0.3) is 0 Å². The Morgan fingerprint density at radius 3 is 2.88 bits per heavy atom. The number of rotatable bonds is 7. The van der Waals surface area contributed by atoms with Crippen LogP contribution in [0.5, 0.6) is 0 Å². The van der Waals surface area contributed by atoms with Gasteiger partial charge in [-0.3, -0.25) is 4.79 Å². The molecular weight excluding hydrogens is 338 g/mol. The first-order chi connectivity index (χ1) is 12.1. The third-order valence-electron chi connectivity index (χ3n) is 4.27. The Balaban J connectivity index is 1.48. The Labute approximate surface area is 150 Å². The topological polar surface area (TPSA) is 75.6 Å². The lowest BCUT2D eigenvalue weighted by Gasteiger charge is -2.23. The number of hydrogen-bond acceptors (Lipinski definition) is 4. The average Bonchev–Trinajstić information content (AvgIpc) is 3.11. The molecule has 1 aromatic heterocycles. The van der Waals surface area contributed by atoms with Crippen LogP contribution in [-0.2, 0) is 33.8 Å². The van der Waals surface area contributed by atoms with E-state index in [1.807, 2.05) is 24.3 Å². The first-order valence-corrected chi connectivity index (χ1v) is 9.28. The Hall–Kier alpha value is -2.18. The van der Waals surface area contributed by atoms with Gasteiger partial charge in [0.2, 0.25) is 5.91 Å². The summed E-state index contributed by atoms with van der Waals surface area (Å²) < 4.78 is 5.30. The molecule has 5 nitrogen and oxygen atoms in total. The molecule has 1 aliphatic heterocycles. The van der Waals surface area contributed by atoms with Gasteiger partial charge >= 0.3 is 5.97 Å². The van der Waals surface area contributed by atoms with Gasteiger partial charge in [0.15, 0.2) is 6.10 Å². The number of unbranched alkanes of at least 4 members (excludes halogenated alkanes) is 1. The van der Waals surface area contributed by atoms with Crippen LogP contribution < -0.4 is 5.32 Å². The van der Waals surface area contributed by atoms with Crippen LogP contribution in [0, 0.1) is 0 Å². The number of carbonyl (C=O) groups is 2. The highest BCUT2D eigenvalue weighted by Gasteiger charge is 2.25. The second kappa shape index (κ2) is 8.27. The van der Waals surface area contributed by atoms with Crippen molar-refractivity contribution in [3.05, 3.63) is 51.7 Å². The third kappa shape index (κ3) is 4.90.